The van der Waals surface area contributed by atoms with Crippen LogP contribution in [0.3, 0.4) is 0 Å². The minimum atomic E-state index is -0.189. The summed E-state index contributed by atoms with van der Waals surface area (Å²) in [5, 5.41) is 11.5. The normalized spacial score (nSPS) is 12.3. The lowest BCUT2D eigenvalue weighted by molar-refractivity contribution is -0.123. The Morgan fingerprint density at radius 3 is 2.11 bits per heavy atom. The van der Waals surface area contributed by atoms with Gasteiger partial charge in [0.05, 0.1) is 6.04 Å². The third-order valence-electron chi connectivity index (χ3n) is 2.87. The molecule has 18 heavy (non-hydrogen) atoms. The van der Waals surface area contributed by atoms with E-state index in [1.165, 1.54) is 5.06 Å². The van der Waals surface area contributed by atoms with Crippen LogP contribution >= 0.6 is 0 Å². The molecule has 1 unspecified atom stereocenters. The van der Waals surface area contributed by atoms with Gasteiger partial charge in [-0.3, -0.25) is 0 Å². The van der Waals surface area contributed by atoms with Gasteiger partial charge in [0, 0.05) is 6.54 Å². The minimum absolute atomic E-state index is 0.189. The Bertz CT molecular complexity index is 481. The van der Waals surface area contributed by atoms with Gasteiger partial charge in [0.1, 0.15) is 0 Å². The smallest absolute Gasteiger partial charge is 0.0781 e. The molecule has 0 amide bonds. The lowest BCUT2D eigenvalue weighted by atomic mass is 10.1. The molecule has 0 fully saturated rings. The zero-order valence-electron chi connectivity index (χ0n) is 10.2. The predicted octanol–water partition coefficient (Wildman–Crippen LogP) is 3.81. The standard InChI is InChI=1S/C16H17NO/c1-2-16(15-11-7-4-8-12-15)17(18)13-14-9-5-3-6-10-14/h2-12,16,18H,1,13H2. The van der Waals surface area contributed by atoms with E-state index in [-0.39, 0.29) is 6.04 Å². The van der Waals surface area contributed by atoms with Crippen molar-refractivity contribution in [3.8, 4) is 0 Å². The van der Waals surface area contributed by atoms with E-state index in [4.69, 9.17) is 0 Å². The van der Waals surface area contributed by atoms with Crippen molar-refractivity contribution in [3.63, 3.8) is 0 Å². The van der Waals surface area contributed by atoms with Crippen LogP contribution in [0.15, 0.2) is 73.3 Å². The van der Waals surface area contributed by atoms with E-state index in [9.17, 15) is 5.21 Å². The van der Waals surface area contributed by atoms with Crippen molar-refractivity contribution < 1.29 is 5.21 Å². The summed E-state index contributed by atoms with van der Waals surface area (Å²) in [6, 6.07) is 19.6. The Hall–Kier alpha value is -1.90. The van der Waals surface area contributed by atoms with Gasteiger partial charge in [-0.25, -0.2) is 0 Å². The molecule has 0 radical (unpaired) electrons. The fourth-order valence-corrected chi connectivity index (χ4v) is 1.95. The average molecular weight is 239 g/mol. The molecule has 92 valence electrons. The van der Waals surface area contributed by atoms with Gasteiger partial charge in [-0.15, -0.1) is 6.58 Å². The van der Waals surface area contributed by atoms with Gasteiger partial charge in [0.25, 0.3) is 0 Å². The quantitative estimate of drug-likeness (QED) is 0.633. The van der Waals surface area contributed by atoms with E-state index in [0.717, 1.165) is 11.1 Å². The molecule has 2 heteroatoms. The van der Waals surface area contributed by atoms with E-state index < -0.39 is 0 Å². The lowest BCUT2D eigenvalue weighted by Crippen LogP contribution is -2.23. The molecule has 2 rings (SSSR count). The van der Waals surface area contributed by atoms with E-state index >= 15 is 0 Å². The molecule has 1 N–H and O–H groups in total. The van der Waals surface area contributed by atoms with Gasteiger partial charge in [0.2, 0.25) is 0 Å². The van der Waals surface area contributed by atoms with Gasteiger partial charge in [-0.1, -0.05) is 66.7 Å². The fraction of sp³-hybridized carbons (Fsp3) is 0.125. The largest absolute Gasteiger partial charge is 0.313 e. The van der Waals surface area contributed by atoms with Crippen LogP contribution in [0, 0.1) is 0 Å². The van der Waals surface area contributed by atoms with Gasteiger partial charge in [0.15, 0.2) is 0 Å². The Balaban J connectivity index is 2.11. The molecule has 0 saturated carbocycles. The topological polar surface area (TPSA) is 23.5 Å². The third kappa shape index (κ3) is 3.06. The maximum atomic E-state index is 10.2. The van der Waals surface area contributed by atoms with Crippen molar-refractivity contribution in [2.75, 3.05) is 0 Å². The second-order valence-electron chi connectivity index (χ2n) is 4.17. The molecule has 0 spiro atoms. The first-order valence-corrected chi connectivity index (χ1v) is 5.98. The summed E-state index contributed by atoms with van der Waals surface area (Å²) in [7, 11) is 0. The van der Waals surface area contributed by atoms with Crippen molar-refractivity contribution in [2.45, 2.75) is 12.6 Å². The predicted molar refractivity (Wildman–Crippen MR) is 73.2 cm³/mol. The molecule has 2 aromatic carbocycles. The summed E-state index contributed by atoms with van der Waals surface area (Å²) >= 11 is 0. The highest BCUT2D eigenvalue weighted by atomic mass is 16.5. The van der Waals surface area contributed by atoms with Crippen LogP contribution in [0.1, 0.15) is 17.2 Å². The number of hydroxylamine groups is 2. The van der Waals surface area contributed by atoms with Crippen molar-refractivity contribution in [1.29, 1.82) is 0 Å². The first kappa shape index (κ1) is 12.6. The van der Waals surface area contributed by atoms with E-state index in [0.29, 0.717) is 6.54 Å². The summed E-state index contributed by atoms with van der Waals surface area (Å²) in [6.45, 7) is 4.28. The molecule has 0 aromatic heterocycles. The molecule has 0 aliphatic carbocycles. The number of rotatable bonds is 5. The van der Waals surface area contributed by atoms with Crippen LogP contribution in [0.5, 0.6) is 0 Å². The summed E-state index contributed by atoms with van der Waals surface area (Å²) < 4.78 is 0. The highest BCUT2D eigenvalue weighted by Crippen LogP contribution is 2.21. The third-order valence-corrected chi connectivity index (χ3v) is 2.87. The zero-order chi connectivity index (χ0) is 12.8. The molecule has 0 aliphatic rings. The summed E-state index contributed by atoms with van der Waals surface area (Å²) in [6.07, 6.45) is 1.75. The first-order chi connectivity index (χ1) is 8.81. The molecule has 2 nitrogen and oxygen atoms in total. The molecule has 0 saturated heterocycles. The van der Waals surface area contributed by atoms with Crippen LogP contribution in [0.4, 0.5) is 0 Å². The number of hydrogen-bond acceptors (Lipinski definition) is 2. The molecule has 2 aromatic rings. The van der Waals surface area contributed by atoms with Gasteiger partial charge in [-0.2, -0.15) is 5.06 Å². The Kier molecular flexibility index (Phi) is 4.29. The van der Waals surface area contributed by atoms with Crippen LogP contribution in [-0.2, 0) is 6.54 Å². The van der Waals surface area contributed by atoms with Crippen molar-refractivity contribution in [3.05, 3.63) is 84.4 Å². The first-order valence-electron chi connectivity index (χ1n) is 5.98. The van der Waals surface area contributed by atoms with Crippen molar-refractivity contribution in [1.82, 2.24) is 5.06 Å². The fourth-order valence-electron chi connectivity index (χ4n) is 1.95. The highest BCUT2D eigenvalue weighted by Gasteiger charge is 2.15. The van der Waals surface area contributed by atoms with Crippen LogP contribution in [0.25, 0.3) is 0 Å². The van der Waals surface area contributed by atoms with E-state index in [1.54, 1.807) is 6.08 Å². The summed E-state index contributed by atoms with van der Waals surface area (Å²) in [5.41, 5.74) is 2.11. The SMILES string of the molecule is C=CC(c1ccccc1)N(O)Cc1ccccc1. The van der Waals surface area contributed by atoms with Crippen molar-refractivity contribution in [2.24, 2.45) is 0 Å². The van der Waals surface area contributed by atoms with Crippen molar-refractivity contribution >= 4 is 0 Å². The van der Waals surface area contributed by atoms with Crippen LogP contribution in [-0.4, -0.2) is 10.3 Å². The Labute approximate surface area is 108 Å². The lowest BCUT2D eigenvalue weighted by Gasteiger charge is -2.23. The second-order valence-corrected chi connectivity index (χ2v) is 4.17. The maximum Gasteiger partial charge on any atom is 0.0781 e. The Morgan fingerprint density at radius 2 is 1.56 bits per heavy atom. The second kappa shape index (κ2) is 6.15. The molecule has 0 bridgehead atoms. The minimum Gasteiger partial charge on any atom is -0.313 e. The summed E-state index contributed by atoms with van der Waals surface area (Å²) in [4.78, 5) is 0. The number of nitrogens with zero attached hydrogens (tertiary/aromatic N) is 1. The molecule has 1 atom stereocenters. The molecular formula is C16H17NO. The monoisotopic (exact) mass is 239 g/mol. The maximum absolute atomic E-state index is 10.2. The summed E-state index contributed by atoms with van der Waals surface area (Å²) in [5.74, 6) is 0. The number of benzene rings is 2. The van der Waals surface area contributed by atoms with Gasteiger partial charge in [-0.05, 0) is 11.1 Å². The van der Waals surface area contributed by atoms with Crippen LogP contribution in [0.2, 0.25) is 0 Å². The zero-order valence-corrected chi connectivity index (χ0v) is 10.2. The van der Waals surface area contributed by atoms with E-state index in [1.807, 2.05) is 60.7 Å². The highest BCUT2D eigenvalue weighted by molar-refractivity contribution is 5.23. The molecule has 0 aliphatic heterocycles. The molecule has 0 heterocycles. The Morgan fingerprint density at radius 1 is 1.00 bits per heavy atom. The molecular weight excluding hydrogens is 222 g/mol. The van der Waals surface area contributed by atoms with Gasteiger partial charge < -0.3 is 5.21 Å². The van der Waals surface area contributed by atoms with Gasteiger partial charge >= 0.3 is 0 Å². The van der Waals surface area contributed by atoms with Crippen LogP contribution < -0.4 is 0 Å². The average Bonchev–Trinajstić information content (AvgIpc) is 2.42. The number of hydrogen-bond donors (Lipinski definition) is 1. The van der Waals surface area contributed by atoms with E-state index in [2.05, 4.69) is 6.58 Å².